The van der Waals surface area contributed by atoms with Crippen molar-refractivity contribution in [1.82, 2.24) is 29.6 Å². The van der Waals surface area contributed by atoms with Gasteiger partial charge in [0.2, 0.25) is 0 Å². The molecule has 0 aromatic carbocycles. The first-order valence-electron chi connectivity index (χ1n) is 9.13. The lowest BCUT2D eigenvalue weighted by Gasteiger charge is -2.24. The van der Waals surface area contributed by atoms with Gasteiger partial charge in [-0.25, -0.2) is 4.98 Å². The Bertz CT molecular complexity index is 964. The molecule has 4 aromatic rings. The Morgan fingerprint density at radius 2 is 1.86 bits per heavy atom. The molecule has 28 heavy (non-hydrogen) atoms. The number of H-pyrrole nitrogens is 1. The van der Waals surface area contributed by atoms with Crippen LogP contribution in [0.25, 0.3) is 22.3 Å². The summed E-state index contributed by atoms with van der Waals surface area (Å²) in [5.41, 5.74) is 3.19. The van der Waals surface area contributed by atoms with Crippen LogP contribution in [0.1, 0.15) is 16.9 Å². The molecule has 1 saturated heterocycles. The van der Waals surface area contributed by atoms with Crippen LogP contribution in [0.15, 0.2) is 61.2 Å². The van der Waals surface area contributed by atoms with Crippen LogP contribution in [0, 0.1) is 0 Å². The number of nitrogens with one attached hydrogen (secondary N) is 1. The topological polar surface area (TPSA) is 79.7 Å². The zero-order valence-corrected chi connectivity index (χ0v) is 16.1. The van der Waals surface area contributed by atoms with Crippen LogP contribution in [0.3, 0.4) is 0 Å². The Balaban J connectivity index is 0.000000166. The van der Waals surface area contributed by atoms with Crippen LogP contribution >= 0.6 is 0 Å². The monoisotopic (exact) mass is 376 g/mol. The summed E-state index contributed by atoms with van der Waals surface area (Å²) in [6, 6.07) is 11.4. The maximum absolute atomic E-state index is 10.8. The summed E-state index contributed by atoms with van der Waals surface area (Å²) < 4.78 is 1.78. The lowest BCUT2D eigenvalue weighted by atomic mass is 10.2. The third kappa shape index (κ3) is 4.89. The molecule has 1 aliphatic heterocycles. The van der Waals surface area contributed by atoms with Gasteiger partial charge >= 0.3 is 0 Å². The second-order valence-electron chi connectivity index (χ2n) is 6.52. The van der Waals surface area contributed by atoms with Crippen LogP contribution in [0.5, 0.6) is 0 Å². The van der Waals surface area contributed by atoms with Crippen LogP contribution in [0.2, 0.25) is 0 Å². The van der Waals surface area contributed by atoms with Crippen molar-refractivity contribution in [3.8, 4) is 11.3 Å². The van der Waals surface area contributed by atoms with Crippen molar-refractivity contribution in [3.05, 3.63) is 66.9 Å². The average molecular weight is 376 g/mol. The van der Waals surface area contributed by atoms with Gasteiger partial charge in [0.1, 0.15) is 5.65 Å². The van der Waals surface area contributed by atoms with E-state index in [1.807, 2.05) is 43.4 Å². The molecule has 0 radical (unpaired) electrons. The normalized spacial score (nSPS) is 12.9. The zero-order chi connectivity index (χ0) is 19.8. The summed E-state index contributed by atoms with van der Waals surface area (Å²) in [5.74, 6) is 0. The van der Waals surface area contributed by atoms with Crippen LogP contribution in [0.4, 0.5) is 0 Å². The summed E-state index contributed by atoms with van der Waals surface area (Å²) in [6.45, 7) is 2.64. The predicted molar refractivity (Wildman–Crippen MR) is 110 cm³/mol. The smallest absolute Gasteiger partial charge is 0.166 e. The van der Waals surface area contributed by atoms with Gasteiger partial charge in [0, 0.05) is 36.6 Å². The fourth-order valence-electron chi connectivity index (χ4n) is 2.67. The quantitative estimate of drug-likeness (QED) is 0.544. The summed E-state index contributed by atoms with van der Waals surface area (Å²) in [5, 5.41) is 7.61. The molecule has 144 valence electrons. The number of hydrogen-bond acceptors (Lipinski definition) is 5. The minimum atomic E-state index is 0.622. The minimum absolute atomic E-state index is 0.622. The molecule has 1 aliphatic rings. The number of rotatable bonds is 2. The number of aromatic amines is 1. The highest BCUT2D eigenvalue weighted by Gasteiger charge is 2.08. The summed E-state index contributed by atoms with van der Waals surface area (Å²) >= 11 is 0. The fraction of sp³-hybridized carbons (Fsp3) is 0.238. The highest BCUT2D eigenvalue weighted by atomic mass is 16.1. The zero-order valence-electron chi connectivity index (χ0n) is 16.1. The number of aromatic nitrogens is 5. The Morgan fingerprint density at radius 3 is 2.32 bits per heavy atom. The maximum Gasteiger partial charge on any atom is 0.166 e. The molecule has 0 amide bonds. The third-order valence-electron chi connectivity index (χ3n) is 4.47. The van der Waals surface area contributed by atoms with Gasteiger partial charge in [-0.05, 0) is 56.9 Å². The van der Waals surface area contributed by atoms with E-state index in [1.165, 1.54) is 19.5 Å². The molecule has 0 atom stereocenters. The SMILES string of the molecule is CN1CCC1.Cn1c(C=O)cc2ccc(-c3cn[nH]c3)nc21.c1ccncc1. The molecule has 7 heteroatoms. The Labute approximate surface area is 164 Å². The van der Waals surface area contributed by atoms with Gasteiger partial charge in [0.15, 0.2) is 6.29 Å². The molecule has 7 nitrogen and oxygen atoms in total. The number of nitrogens with zero attached hydrogens (tertiary/aromatic N) is 5. The van der Waals surface area contributed by atoms with Crippen molar-refractivity contribution in [2.45, 2.75) is 6.42 Å². The predicted octanol–water partition coefficient (Wildman–Crippen LogP) is 3.18. The molecular formula is C21H24N6O. The van der Waals surface area contributed by atoms with Gasteiger partial charge in [-0.1, -0.05) is 6.07 Å². The highest BCUT2D eigenvalue weighted by Crippen LogP contribution is 2.21. The summed E-state index contributed by atoms with van der Waals surface area (Å²) in [6.07, 6.45) is 9.26. The summed E-state index contributed by atoms with van der Waals surface area (Å²) in [4.78, 5) is 21.5. The number of aryl methyl sites for hydroxylation is 1. The van der Waals surface area contributed by atoms with Crippen molar-refractivity contribution in [2.75, 3.05) is 20.1 Å². The molecule has 0 aliphatic carbocycles. The van der Waals surface area contributed by atoms with E-state index in [0.717, 1.165) is 28.6 Å². The molecule has 1 fully saturated rings. The van der Waals surface area contributed by atoms with Gasteiger partial charge in [0.25, 0.3) is 0 Å². The van der Waals surface area contributed by atoms with E-state index in [-0.39, 0.29) is 0 Å². The minimum Gasteiger partial charge on any atom is -0.326 e. The van der Waals surface area contributed by atoms with Gasteiger partial charge in [-0.3, -0.25) is 14.9 Å². The number of likely N-dealkylation sites (tertiary alicyclic amines) is 1. The van der Waals surface area contributed by atoms with E-state index in [2.05, 4.69) is 32.1 Å². The summed E-state index contributed by atoms with van der Waals surface area (Å²) in [7, 11) is 3.97. The second kappa shape index (κ2) is 9.57. The van der Waals surface area contributed by atoms with Gasteiger partial charge in [-0.15, -0.1) is 0 Å². The standard InChI is InChI=1S/C12H10N4O.C5H5N.C4H9N/c1-16-10(7-17)4-8-2-3-11(15-12(8)16)9-5-13-14-6-9;1-2-4-6-5-3-1;1-5-3-2-4-5/h2-7H,1H3,(H,13,14);1-5H;2-4H2,1H3. The number of aldehydes is 1. The van der Waals surface area contributed by atoms with Crippen LogP contribution < -0.4 is 0 Å². The molecule has 0 bridgehead atoms. The Morgan fingerprint density at radius 1 is 1.11 bits per heavy atom. The van der Waals surface area contributed by atoms with Gasteiger partial charge in [0.05, 0.1) is 17.6 Å². The highest BCUT2D eigenvalue weighted by molar-refractivity contribution is 5.87. The average Bonchev–Trinajstić information content (AvgIpc) is 3.37. The van der Waals surface area contributed by atoms with Crippen LogP contribution in [-0.2, 0) is 7.05 Å². The van der Waals surface area contributed by atoms with Crippen LogP contribution in [-0.4, -0.2) is 56.1 Å². The molecule has 5 rings (SSSR count). The first kappa shape index (κ1) is 19.4. The van der Waals surface area contributed by atoms with E-state index >= 15 is 0 Å². The van der Waals surface area contributed by atoms with Gasteiger partial charge in [-0.2, -0.15) is 5.10 Å². The first-order valence-corrected chi connectivity index (χ1v) is 9.13. The largest absolute Gasteiger partial charge is 0.326 e. The lowest BCUT2D eigenvalue weighted by Crippen LogP contribution is -2.32. The second-order valence-corrected chi connectivity index (χ2v) is 6.52. The lowest BCUT2D eigenvalue weighted by molar-refractivity contribution is 0.111. The molecule has 4 aromatic heterocycles. The molecule has 1 N–H and O–H groups in total. The number of carbonyl (C=O) groups is 1. The number of hydrogen-bond donors (Lipinski definition) is 1. The van der Waals surface area contributed by atoms with Crippen molar-refractivity contribution < 1.29 is 4.79 Å². The van der Waals surface area contributed by atoms with E-state index < -0.39 is 0 Å². The van der Waals surface area contributed by atoms with Crippen molar-refractivity contribution in [3.63, 3.8) is 0 Å². The van der Waals surface area contributed by atoms with E-state index in [0.29, 0.717) is 5.69 Å². The molecule has 0 saturated carbocycles. The first-order chi connectivity index (χ1) is 13.7. The van der Waals surface area contributed by atoms with E-state index in [9.17, 15) is 4.79 Å². The maximum atomic E-state index is 10.8. The fourth-order valence-corrected chi connectivity index (χ4v) is 2.67. The Kier molecular flexibility index (Phi) is 6.64. The van der Waals surface area contributed by atoms with Crippen molar-refractivity contribution in [1.29, 1.82) is 0 Å². The molecule has 5 heterocycles. The molecular weight excluding hydrogens is 352 g/mol. The van der Waals surface area contributed by atoms with E-state index in [1.54, 1.807) is 29.4 Å². The Hall–Kier alpha value is -3.32. The molecule has 0 unspecified atom stereocenters. The third-order valence-corrected chi connectivity index (χ3v) is 4.47. The van der Waals surface area contributed by atoms with Gasteiger partial charge < -0.3 is 9.47 Å². The van der Waals surface area contributed by atoms with Crippen molar-refractivity contribution >= 4 is 17.3 Å². The van der Waals surface area contributed by atoms with E-state index in [4.69, 9.17) is 0 Å². The number of fused-ring (bicyclic) bond motifs is 1. The van der Waals surface area contributed by atoms with Crippen molar-refractivity contribution in [2.24, 2.45) is 7.05 Å². The molecule has 0 spiro atoms. The number of carbonyl (C=O) groups excluding carboxylic acids is 1. The number of pyridine rings is 2.